The van der Waals surface area contributed by atoms with Crippen LogP contribution in [0.25, 0.3) is 5.69 Å². The van der Waals surface area contributed by atoms with Gasteiger partial charge in [-0.15, -0.1) is 0 Å². The van der Waals surface area contributed by atoms with Crippen molar-refractivity contribution in [3.8, 4) is 5.69 Å². The maximum atomic E-state index is 4.37. The summed E-state index contributed by atoms with van der Waals surface area (Å²) in [5.74, 6) is 0.892. The summed E-state index contributed by atoms with van der Waals surface area (Å²) in [6.45, 7) is 6.29. The monoisotopic (exact) mass is 258 g/mol. The first-order valence-corrected chi connectivity index (χ1v) is 6.71. The summed E-state index contributed by atoms with van der Waals surface area (Å²) >= 11 is 0. The van der Waals surface area contributed by atoms with Crippen molar-refractivity contribution in [3.05, 3.63) is 42.7 Å². The number of hydrogen-bond donors (Lipinski definition) is 1. The van der Waals surface area contributed by atoms with Crippen molar-refractivity contribution in [2.45, 2.75) is 19.9 Å². The Morgan fingerprint density at radius 3 is 2.68 bits per heavy atom. The minimum Gasteiger partial charge on any atom is -0.354 e. The second kappa shape index (κ2) is 6.38. The first-order chi connectivity index (χ1) is 9.18. The normalized spacial score (nSPS) is 11.2. The Kier molecular flexibility index (Phi) is 4.58. The number of para-hydroxylation sites is 1. The van der Waals surface area contributed by atoms with E-state index in [-0.39, 0.29) is 0 Å². The molecule has 102 valence electrons. The van der Waals surface area contributed by atoms with E-state index in [0.29, 0.717) is 6.04 Å². The van der Waals surface area contributed by atoms with E-state index in [1.807, 2.05) is 30.6 Å². The third-order valence-electron chi connectivity index (χ3n) is 3.30. The molecule has 0 bridgehead atoms. The van der Waals surface area contributed by atoms with Crippen molar-refractivity contribution in [3.63, 3.8) is 0 Å². The van der Waals surface area contributed by atoms with Crippen LogP contribution < -0.4 is 5.32 Å². The van der Waals surface area contributed by atoms with Crippen LogP contribution in [0.15, 0.2) is 42.7 Å². The van der Waals surface area contributed by atoms with Crippen molar-refractivity contribution in [2.24, 2.45) is 0 Å². The minimum atomic E-state index is 0.565. The number of likely N-dealkylation sites (N-methyl/N-ethyl adjacent to an activating group) is 1. The molecule has 0 saturated heterocycles. The smallest absolute Gasteiger partial charge is 0.207 e. The number of imidazole rings is 1. The molecule has 0 aliphatic heterocycles. The lowest BCUT2D eigenvalue weighted by atomic mass is 10.3. The van der Waals surface area contributed by atoms with E-state index in [2.05, 4.69) is 52.8 Å². The van der Waals surface area contributed by atoms with Gasteiger partial charge in [-0.2, -0.15) is 0 Å². The van der Waals surface area contributed by atoms with Gasteiger partial charge in [0.05, 0.1) is 0 Å². The quantitative estimate of drug-likeness (QED) is 0.864. The van der Waals surface area contributed by atoms with Crippen LogP contribution in [-0.4, -0.2) is 40.6 Å². The Morgan fingerprint density at radius 2 is 2.00 bits per heavy atom. The van der Waals surface area contributed by atoms with E-state index in [0.717, 1.165) is 24.7 Å². The highest BCUT2D eigenvalue weighted by atomic mass is 15.2. The Labute approximate surface area is 115 Å². The van der Waals surface area contributed by atoms with Crippen LogP contribution in [0.4, 0.5) is 5.95 Å². The van der Waals surface area contributed by atoms with Crippen LogP contribution in [-0.2, 0) is 0 Å². The van der Waals surface area contributed by atoms with Gasteiger partial charge < -0.3 is 10.2 Å². The van der Waals surface area contributed by atoms with Gasteiger partial charge in [-0.1, -0.05) is 18.2 Å². The molecule has 0 amide bonds. The average Bonchev–Trinajstić information content (AvgIpc) is 2.88. The molecule has 1 aromatic carbocycles. The van der Waals surface area contributed by atoms with Crippen LogP contribution in [0.1, 0.15) is 13.8 Å². The molecule has 19 heavy (non-hydrogen) atoms. The molecule has 4 heteroatoms. The summed E-state index contributed by atoms with van der Waals surface area (Å²) in [5.41, 5.74) is 1.12. The highest BCUT2D eigenvalue weighted by Gasteiger charge is 2.05. The number of hydrogen-bond acceptors (Lipinski definition) is 3. The summed E-state index contributed by atoms with van der Waals surface area (Å²) in [6.07, 6.45) is 3.80. The highest BCUT2D eigenvalue weighted by molar-refractivity contribution is 5.41. The zero-order valence-electron chi connectivity index (χ0n) is 11.9. The predicted octanol–water partition coefficient (Wildman–Crippen LogP) is 2.62. The van der Waals surface area contributed by atoms with Crippen LogP contribution in [0.2, 0.25) is 0 Å². The van der Waals surface area contributed by atoms with Gasteiger partial charge in [0, 0.05) is 37.2 Å². The first kappa shape index (κ1) is 13.6. The first-order valence-electron chi connectivity index (χ1n) is 6.71. The van der Waals surface area contributed by atoms with Gasteiger partial charge in [0.1, 0.15) is 0 Å². The second-order valence-electron chi connectivity index (χ2n) is 4.96. The molecular weight excluding hydrogens is 236 g/mol. The van der Waals surface area contributed by atoms with Gasteiger partial charge in [0.15, 0.2) is 0 Å². The van der Waals surface area contributed by atoms with Crippen LogP contribution in [0.5, 0.6) is 0 Å². The van der Waals surface area contributed by atoms with E-state index >= 15 is 0 Å². The zero-order chi connectivity index (χ0) is 13.7. The Hall–Kier alpha value is -1.81. The highest BCUT2D eigenvalue weighted by Crippen LogP contribution is 2.13. The summed E-state index contributed by atoms with van der Waals surface area (Å²) < 4.78 is 2.06. The summed E-state index contributed by atoms with van der Waals surface area (Å²) in [6, 6.07) is 10.8. The molecule has 0 radical (unpaired) electrons. The van der Waals surface area contributed by atoms with Gasteiger partial charge >= 0.3 is 0 Å². The summed E-state index contributed by atoms with van der Waals surface area (Å²) in [7, 11) is 2.13. The van der Waals surface area contributed by atoms with Gasteiger partial charge in [-0.05, 0) is 33.0 Å². The SMILES string of the molecule is CC(C)N(C)CCNc1nccn1-c1ccccc1. The Morgan fingerprint density at radius 1 is 1.26 bits per heavy atom. The number of benzene rings is 1. The molecule has 1 heterocycles. The molecule has 0 aliphatic carbocycles. The van der Waals surface area contributed by atoms with E-state index in [1.165, 1.54) is 0 Å². The molecule has 2 rings (SSSR count). The van der Waals surface area contributed by atoms with Crippen molar-refractivity contribution < 1.29 is 0 Å². The molecule has 0 atom stereocenters. The molecule has 1 aromatic heterocycles. The third-order valence-corrected chi connectivity index (χ3v) is 3.30. The zero-order valence-corrected chi connectivity index (χ0v) is 11.9. The number of nitrogens with one attached hydrogen (secondary N) is 1. The van der Waals surface area contributed by atoms with E-state index in [1.54, 1.807) is 0 Å². The molecule has 4 nitrogen and oxygen atoms in total. The van der Waals surface area contributed by atoms with Crippen molar-refractivity contribution in [1.82, 2.24) is 14.5 Å². The van der Waals surface area contributed by atoms with Crippen molar-refractivity contribution >= 4 is 5.95 Å². The topological polar surface area (TPSA) is 33.1 Å². The number of nitrogens with zero attached hydrogens (tertiary/aromatic N) is 3. The van der Waals surface area contributed by atoms with Crippen LogP contribution in [0, 0.1) is 0 Å². The van der Waals surface area contributed by atoms with E-state index in [4.69, 9.17) is 0 Å². The average molecular weight is 258 g/mol. The van der Waals surface area contributed by atoms with Gasteiger partial charge in [0.25, 0.3) is 0 Å². The van der Waals surface area contributed by atoms with E-state index in [9.17, 15) is 0 Å². The molecule has 0 saturated carbocycles. The van der Waals surface area contributed by atoms with Gasteiger partial charge in [-0.3, -0.25) is 4.57 Å². The molecule has 0 aliphatic rings. The van der Waals surface area contributed by atoms with Crippen molar-refractivity contribution in [1.29, 1.82) is 0 Å². The molecule has 0 fully saturated rings. The summed E-state index contributed by atoms with van der Waals surface area (Å²) in [4.78, 5) is 6.68. The summed E-state index contributed by atoms with van der Waals surface area (Å²) in [5, 5.41) is 3.39. The lowest BCUT2D eigenvalue weighted by molar-refractivity contribution is 0.284. The predicted molar refractivity (Wildman–Crippen MR) is 79.8 cm³/mol. The molecule has 2 aromatic rings. The maximum absolute atomic E-state index is 4.37. The fourth-order valence-corrected chi connectivity index (χ4v) is 1.83. The molecule has 0 spiro atoms. The number of rotatable bonds is 6. The minimum absolute atomic E-state index is 0.565. The van der Waals surface area contributed by atoms with Gasteiger partial charge in [-0.25, -0.2) is 4.98 Å². The van der Waals surface area contributed by atoms with Crippen LogP contribution >= 0.6 is 0 Å². The fourth-order valence-electron chi connectivity index (χ4n) is 1.83. The fraction of sp³-hybridized carbons (Fsp3) is 0.400. The molecular formula is C15H22N4. The lowest BCUT2D eigenvalue weighted by Crippen LogP contribution is -2.31. The molecule has 0 unspecified atom stereocenters. The van der Waals surface area contributed by atoms with Crippen molar-refractivity contribution in [2.75, 3.05) is 25.5 Å². The molecule has 1 N–H and O–H groups in total. The second-order valence-corrected chi connectivity index (χ2v) is 4.96. The third kappa shape index (κ3) is 3.58. The van der Waals surface area contributed by atoms with Gasteiger partial charge in [0.2, 0.25) is 5.95 Å². The Bertz CT molecular complexity index is 490. The standard InChI is InChI=1S/C15H22N4/c1-13(2)18(3)11-9-16-15-17-10-12-19(15)14-7-5-4-6-8-14/h4-8,10,12-13H,9,11H2,1-3H3,(H,16,17). The van der Waals surface area contributed by atoms with Crippen LogP contribution in [0.3, 0.4) is 0 Å². The lowest BCUT2D eigenvalue weighted by Gasteiger charge is -2.21. The maximum Gasteiger partial charge on any atom is 0.207 e. The Balaban J connectivity index is 1.97. The van der Waals surface area contributed by atoms with E-state index < -0.39 is 0 Å². The largest absolute Gasteiger partial charge is 0.354 e. The number of aromatic nitrogens is 2. The number of anilines is 1.